The van der Waals surface area contributed by atoms with Gasteiger partial charge in [0.1, 0.15) is 5.82 Å². The minimum absolute atomic E-state index is 0.598. The van der Waals surface area contributed by atoms with Gasteiger partial charge in [-0.05, 0) is 33.0 Å². The molecule has 1 aliphatic rings. The highest BCUT2D eigenvalue weighted by Crippen LogP contribution is 2.13. The zero-order valence-electron chi connectivity index (χ0n) is 8.90. The average Bonchev–Trinajstić information content (AvgIpc) is 2.56. The number of nitrogens with one attached hydrogen (secondary N) is 1. The molecule has 2 heterocycles. The molecule has 0 bridgehead atoms. The lowest BCUT2D eigenvalue weighted by Crippen LogP contribution is -2.36. The van der Waals surface area contributed by atoms with E-state index < -0.39 is 0 Å². The molecule has 1 N–H and O–H groups in total. The van der Waals surface area contributed by atoms with Crippen molar-refractivity contribution in [3.8, 4) is 0 Å². The van der Waals surface area contributed by atoms with Crippen molar-refractivity contribution >= 4 is 5.82 Å². The van der Waals surface area contributed by atoms with Crippen LogP contribution in [0.5, 0.6) is 0 Å². The van der Waals surface area contributed by atoms with E-state index in [9.17, 15) is 0 Å². The minimum atomic E-state index is 0.598. The maximum absolute atomic E-state index is 4.32. The number of hydrogen-bond donors (Lipinski definition) is 1. The van der Waals surface area contributed by atoms with E-state index >= 15 is 0 Å². The molecule has 78 valence electrons. The van der Waals surface area contributed by atoms with Crippen molar-refractivity contribution in [2.75, 3.05) is 25.5 Å². The fourth-order valence-corrected chi connectivity index (χ4v) is 1.85. The third-order valence-corrected chi connectivity index (χ3v) is 2.78. The summed E-state index contributed by atoms with van der Waals surface area (Å²) in [6.07, 6.45) is 4.40. The van der Waals surface area contributed by atoms with Gasteiger partial charge in [0.05, 0.1) is 0 Å². The first-order valence-corrected chi connectivity index (χ1v) is 5.19. The van der Waals surface area contributed by atoms with Crippen LogP contribution in [0.3, 0.4) is 0 Å². The Kier molecular flexibility index (Phi) is 2.72. The molecule has 0 aliphatic carbocycles. The maximum atomic E-state index is 4.32. The quantitative estimate of drug-likeness (QED) is 0.760. The minimum Gasteiger partial charge on any atom is -0.366 e. The van der Waals surface area contributed by atoms with Gasteiger partial charge in [-0.25, -0.2) is 0 Å². The highest BCUT2D eigenvalue weighted by molar-refractivity contribution is 5.33. The van der Waals surface area contributed by atoms with Crippen LogP contribution < -0.4 is 5.32 Å². The van der Waals surface area contributed by atoms with Gasteiger partial charge in [-0.2, -0.15) is 5.10 Å². The first kappa shape index (κ1) is 9.52. The number of piperidine rings is 1. The Labute approximate surface area is 84.9 Å². The van der Waals surface area contributed by atoms with E-state index in [0.29, 0.717) is 6.04 Å². The molecule has 0 unspecified atom stereocenters. The van der Waals surface area contributed by atoms with Gasteiger partial charge in [-0.3, -0.25) is 4.68 Å². The number of rotatable bonds is 2. The molecule has 14 heavy (non-hydrogen) atoms. The van der Waals surface area contributed by atoms with Crippen LogP contribution in [0.25, 0.3) is 0 Å². The van der Waals surface area contributed by atoms with Crippen LogP contribution in [-0.2, 0) is 7.05 Å². The molecular formula is C10H18N4. The van der Waals surface area contributed by atoms with E-state index in [2.05, 4.69) is 22.4 Å². The Balaban J connectivity index is 1.86. The summed E-state index contributed by atoms with van der Waals surface area (Å²) in [6, 6.07) is 2.62. The molecule has 1 saturated heterocycles. The summed E-state index contributed by atoms with van der Waals surface area (Å²) in [5.74, 6) is 1.00. The van der Waals surface area contributed by atoms with Crippen LogP contribution in [0.1, 0.15) is 12.8 Å². The van der Waals surface area contributed by atoms with Crippen LogP contribution in [0.15, 0.2) is 12.3 Å². The largest absolute Gasteiger partial charge is 0.366 e. The lowest BCUT2D eigenvalue weighted by Gasteiger charge is -2.29. The van der Waals surface area contributed by atoms with Crippen LogP contribution >= 0.6 is 0 Å². The van der Waals surface area contributed by atoms with Gasteiger partial charge in [-0.15, -0.1) is 0 Å². The molecule has 0 saturated carbocycles. The number of aromatic nitrogens is 2. The van der Waals surface area contributed by atoms with E-state index in [-0.39, 0.29) is 0 Å². The normalized spacial score (nSPS) is 19.9. The predicted octanol–water partition coefficient (Wildman–Crippen LogP) is 0.926. The fraction of sp³-hybridized carbons (Fsp3) is 0.700. The lowest BCUT2D eigenvalue weighted by molar-refractivity contribution is 0.263. The van der Waals surface area contributed by atoms with Crippen molar-refractivity contribution < 1.29 is 0 Å². The summed E-state index contributed by atoms with van der Waals surface area (Å²) in [5, 5.41) is 7.78. The monoisotopic (exact) mass is 194 g/mol. The van der Waals surface area contributed by atoms with Crippen LogP contribution in [0.4, 0.5) is 5.82 Å². The molecule has 4 heteroatoms. The number of aryl methyl sites for hydroxylation is 1. The highest BCUT2D eigenvalue weighted by Gasteiger charge is 2.16. The Morgan fingerprint density at radius 2 is 2.07 bits per heavy atom. The second-order valence-corrected chi connectivity index (χ2v) is 4.10. The van der Waals surface area contributed by atoms with Gasteiger partial charge >= 0.3 is 0 Å². The van der Waals surface area contributed by atoms with Gasteiger partial charge < -0.3 is 10.2 Å². The van der Waals surface area contributed by atoms with Gasteiger partial charge in [0, 0.05) is 25.4 Å². The zero-order chi connectivity index (χ0) is 9.97. The number of likely N-dealkylation sites (tertiary alicyclic amines) is 1. The SMILES string of the molecule is CN1CCC(Nc2ccn(C)n2)CC1. The van der Waals surface area contributed by atoms with E-state index in [1.807, 2.05) is 24.0 Å². The van der Waals surface area contributed by atoms with Crippen molar-refractivity contribution in [2.45, 2.75) is 18.9 Å². The molecule has 0 amide bonds. The summed E-state index contributed by atoms with van der Waals surface area (Å²) in [6.45, 7) is 2.37. The lowest BCUT2D eigenvalue weighted by atomic mass is 10.1. The Bertz CT molecular complexity index is 286. The first-order valence-electron chi connectivity index (χ1n) is 5.19. The zero-order valence-corrected chi connectivity index (χ0v) is 8.90. The Morgan fingerprint density at radius 3 is 2.64 bits per heavy atom. The first-order chi connectivity index (χ1) is 6.74. The standard InChI is InChI=1S/C10H18N4/c1-13-6-3-9(4-7-13)11-10-5-8-14(2)12-10/h5,8-9H,3-4,6-7H2,1-2H3,(H,11,12). The molecule has 2 rings (SSSR count). The molecule has 1 aromatic heterocycles. The average molecular weight is 194 g/mol. The molecule has 1 aromatic rings. The van der Waals surface area contributed by atoms with Gasteiger partial charge in [0.25, 0.3) is 0 Å². The van der Waals surface area contributed by atoms with Crippen molar-refractivity contribution in [1.29, 1.82) is 0 Å². The molecule has 0 spiro atoms. The van der Waals surface area contributed by atoms with Gasteiger partial charge in [0.15, 0.2) is 0 Å². The third kappa shape index (κ3) is 2.26. The van der Waals surface area contributed by atoms with Crippen molar-refractivity contribution in [3.05, 3.63) is 12.3 Å². The predicted molar refractivity (Wildman–Crippen MR) is 57.3 cm³/mol. The summed E-state index contributed by atoms with van der Waals surface area (Å²) in [7, 11) is 4.12. The number of anilines is 1. The summed E-state index contributed by atoms with van der Waals surface area (Å²) >= 11 is 0. The van der Waals surface area contributed by atoms with E-state index in [1.165, 1.54) is 25.9 Å². The molecule has 4 nitrogen and oxygen atoms in total. The molecular weight excluding hydrogens is 176 g/mol. The smallest absolute Gasteiger partial charge is 0.148 e. The van der Waals surface area contributed by atoms with Crippen molar-refractivity contribution in [1.82, 2.24) is 14.7 Å². The van der Waals surface area contributed by atoms with Crippen LogP contribution in [0, 0.1) is 0 Å². The van der Waals surface area contributed by atoms with Crippen molar-refractivity contribution in [2.24, 2.45) is 7.05 Å². The van der Waals surface area contributed by atoms with Gasteiger partial charge in [-0.1, -0.05) is 0 Å². The van der Waals surface area contributed by atoms with Crippen LogP contribution in [0.2, 0.25) is 0 Å². The van der Waals surface area contributed by atoms with Gasteiger partial charge in [0.2, 0.25) is 0 Å². The maximum Gasteiger partial charge on any atom is 0.148 e. The fourth-order valence-electron chi connectivity index (χ4n) is 1.85. The molecule has 0 atom stereocenters. The Morgan fingerprint density at radius 1 is 1.36 bits per heavy atom. The van der Waals surface area contributed by atoms with Crippen molar-refractivity contribution in [3.63, 3.8) is 0 Å². The summed E-state index contributed by atoms with van der Waals surface area (Å²) < 4.78 is 1.83. The topological polar surface area (TPSA) is 33.1 Å². The molecule has 0 aromatic carbocycles. The molecule has 1 aliphatic heterocycles. The Hall–Kier alpha value is -1.03. The molecule has 0 radical (unpaired) electrons. The summed E-state index contributed by atoms with van der Waals surface area (Å²) in [5.41, 5.74) is 0. The third-order valence-electron chi connectivity index (χ3n) is 2.78. The second-order valence-electron chi connectivity index (χ2n) is 4.10. The second kappa shape index (κ2) is 4.00. The van der Waals surface area contributed by atoms with Crippen LogP contribution in [-0.4, -0.2) is 40.9 Å². The summed E-state index contributed by atoms with van der Waals surface area (Å²) in [4.78, 5) is 2.37. The van der Waals surface area contributed by atoms with E-state index in [0.717, 1.165) is 5.82 Å². The number of nitrogens with zero attached hydrogens (tertiary/aromatic N) is 3. The van der Waals surface area contributed by atoms with E-state index in [4.69, 9.17) is 0 Å². The van der Waals surface area contributed by atoms with E-state index in [1.54, 1.807) is 0 Å². The molecule has 1 fully saturated rings. The number of hydrogen-bond acceptors (Lipinski definition) is 3. The highest BCUT2D eigenvalue weighted by atomic mass is 15.3.